The van der Waals surface area contributed by atoms with Crippen LogP contribution in [0, 0.1) is 0 Å². The van der Waals surface area contributed by atoms with Gasteiger partial charge in [-0.3, -0.25) is 0 Å². The highest BCUT2D eigenvalue weighted by atomic mass is 16.4. The summed E-state index contributed by atoms with van der Waals surface area (Å²) in [6.07, 6.45) is 5.19. The lowest BCUT2D eigenvalue weighted by molar-refractivity contribution is -0.138. The number of rotatable bonds is 2. The summed E-state index contributed by atoms with van der Waals surface area (Å²) >= 11 is 0. The largest absolute Gasteiger partial charge is 0.480 e. The van der Waals surface area contributed by atoms with Gasteiger partial charge in [0, 0.05) is 24.2 Å². The van der Waals surface area contributed by atoms with Crippen molar-refractivity contribution in [3.05, 3.63) is 17.6 Å². The first-order valence-corrected chi connectivity index (χ1v) is 6.67. The number of aryl methyl sites for hydroxylation is 1. The molecule has 6 heteroatoms. The molecular weight excluding hydrogens is 246 g/mol. The predicted molar refractivity (Wildman–Crippen MR) is 68.1 cm³/mol. The molecule has 1 fully saturated rings. The van der Waals surface area contributed by atoms with E-state index < -0.39 is 18.1 Å². The molecule has 3 rings (SSSR count). The van der Waals surface area contributed by atoms with Crippen LogP contribution in [-0.4, -0.2) is 44.8 Å². The molecule has 2 atom stereocenters. The molecule has 1 aromatic rings. The van der Waals surface area contributed by atoms with Crippen LogP contribution in [0.4, 0.5) is 5.82 Å². The van der Waals surface area contributed by atoms with Crippen molar-refractivity contribution in [1.82, 2.24) is 9.97 Å². The highest BCUT2D eigenvalue weighted by Gasteiger charge is 2.38. The maximum Gasteiger partial charge on any atom is 0.326 e. The summed E-state index contributed by atoms with van der Waals surface area (Å²) in [4.78, 5) is 21.6. The molecule has 2 heterocycles. The summed E-state index contributed by atoms with van der Waals surface area (Å²) in [5.41, 5.74) is 2.09. The molecular formula is C13H17N3O3. The molecule has 2 aliphatic rings. The van der Waals surface area contributed by atoms with Gasteiger partial charge >= 0.3 is 5.97 Å². The zero-order chi connectivity index (χ0) is 13.4. The molecule has 0 aromatic carbocycles. The molecule has 0 amide bonds. The van der Waals surface area contributed by atoms with Gasteiger partial charge in [-0.1, -0.05) is 0 Å². The van der Waals surface area contributed by atoms with Crippen molar-refractivity contribution >= 4 is 11.8 Å². The van der Waals surface area contributed by atoms with Gasteiger partial charge in [0.1, 0.15) is 18.2 Å². The molecule has 102 valence electrons. The van der Waals surface area contributed by atoms with E-state index in [9.17, 15) is 15.0 Å². The van der Waals surface area contributed by atoms with Crippen LogP contribution in [0.25, 0.3) is 0 Å². The van der Waals surface area contributed by atoms with Crippen molar-refractivity contribution < 1.29 is 15.0 Å². The van der Waals surface area contributed by atoms with Gasteiger partial charge in [0.15, 0.2) is 0 Å². The van der Waals surface area contributed by atoms with Crippen molar-refractivity contribution in [1.29, 1.82) is 0 Å². The Morgan fingerprint density at radius 1 is 1.32 bits per heavy atom. The van der Waals surface area contributed by atoms with Gasteiger partial charge in [-0.05, 0) is 25.7 Å². The van der Waals surface area contributed by atoms with E-state index in [4.69, 9.17) is 0 Å². The molecule has 0 radical (unpaired) electrons. The zero-order valence-electron chi connectivity index (χ0n) is 10.6. The zero-order valence-corrected chi connectivity index (χ0v) is 10.6. The first-order valence-electron chi connectivity index (χ1n) is 6.67. The molecule has 6 nitrogen and oxygen atoms in total. The topological polar surface area (TPSA) is 86.5 Å². The molecule has 0 saturated carbocycles. The smallest absolute Gasteiger partial charge is 0.326 e. The Bertz CT molecular complexity index is 506. The highest BCUT2D eigenvalue weighted by molar-refractivity contribution is 5.79. The number of carboxylic acid groups (broad SMARTS) is 1. The van der Waals surface area contributed by atoms with E-state index in [0.29, 0.717) is 12.4 Å². The lowest BCUT2D eigenvalue weighted by atomic mass is 9.96. The van der Waals surface area contributed by atoms with Crippen LogP contribution < -0.4 is 4.90 Å². The fraction of sp³-hybridized carbons (Fsp3) is 0.615. The third-order valence-corrected chi connectivity index (χ3v) is 3.94. The van der Waals surface area contributed by atoms with Crippen LogP contribution in [0.1, 0.15) is 30.5 Å². The number of aliphatic hydroxyl groups excluding tert-OH is 1. The summed E-state index contributed by atoms with van der Waals surface area (Å²) in [5, 5.41) is 19.0. The Balaban J connectivity index is 1.99. The molecule has 19 heavy (non-hydrogen) atoms. The van der Waals surface area contributed by atoms with Crippen LogP contribution in [0.15, 0.2) is 6.33 Å². The van der Waals surface area contributed by atoms with Crippen LogP contribution in [-0.2, 0) is 17.6 Å². The van der Waals surface area contributed by atoms with E-state index in [2.05, 4.69) is 9.97 Å². The first kappa shape index (κ1) is 12.3. The summed E-state index contributed by atoms with van der Waals surface area (Å²) in [5.74, 6) is -0.201. The number of anilines is 1. The maximum atomic E-state index is 11.3. The second-order valence-corrected chi connectivity index (χ2v) is 5.23. The number of nitrogens with zero attached hydrogens (tertiary/aromatic N) is 3. The van der Waals surface area contributed by atoms with Crippen LogP contribution in [0.2, 0.25) is 0 Å². The molecule has 2 N–H and O–H groups in total. The summed E-state index contributed by atoms with van der Waals surface area (Å²) in [6, 6.07) is -0.684. The Morgan fingerprint density at radius 2 is 2.11 bits per heavy atom. The molecule has 1 aliphatic heterocycles. The van der Waals surface area contributed by atoms with Gasteiger partial charge < -0.3 is 15.1 Å². The second-order valence-electron chi connectivity index (χ2n) is 5.23. The van der Waals surface area contributed by atoms with Gasteiger partial charge in [0.05, 0.1) is 6.10 Å². The lowest BCUT2D eigenvalue weighted by Crippen LogP contribution is -2.37. The summed E-state index contributed by atoms with van der Waals surface area (Å²) < 4.78 is 0. The van der Waals surface area contributed by atoms with Crippen molar-refractivity contribution in [2.45, 2.75) is 44.2 Å². The lowest BCUT2D eigenvalue weighted by Gasteiger charge is -2.27. The standard InChI is InChI=1S/C13H17N3O3/c17-8-5-11(13(18)19)16(6-8)12-9-3-1-2-4-10(9)14-7-15-12/h7-8,11,17H,1-6H2,(H,18,19). The predicted octanol–water partition coefficient (Wildman–Crippen LogP) is 0.380. The van der Waals surface area contributed by atoms with Gasteiger partial charge in [-0.25, -0.2) is 14.8 Å². The number of fused-ring (bicyclic) bond motifs is 1. The van der Waals surface area contributed by atoms with Gasteiger partial charge in [-0.2, -0.15) is 0 Å². The number of β-amino-alcohol motifs (C(OH)–C–C–N with tert-alkyl or cyclic N) is 1. The number of carboxylic acids is 1. The minimum Gasteiger partial charge on any atom is -0.480 e. The Hall–Kier alpha value is -1.69. The monoisotopic (exact) mass is 263 g/mol. The minimum atomic E-state index is -0.903. The molecule has 1 aliphatic carbocycles. The van der Waals surface area contributed by atoms with Crippen LogP contribution in [0.3, 0.4) is 0 Å². The van der Waals surface area contributed by atoms with E-state index >= 15 is 0 Å². The van der Waals surface area contributed by atoms with E-state index in [1.807, 2.05) is 0 Å². The fourth-order valence-electron chi connectivity index (χ4n) is 3.03. The number of aromatic nitrogens is 2. The SMILES string of the molecule is O=C(O)C1CC(O)CN1c1ncnc2c1CCCC2. The van der Waals surface area contributed by atoms with E-state index in [0.717, 1.165) is 36.9 Å². The van der Waals surface area contributed by atoms with Crippen LogP contribution in [0.5, 0.6) is 0 Å². The molecule has 0 bridgehead atoms. The molecule has 0 spiro atoms. The number of hydrogen-bond acceptors (Lipinski definition) is 5. The van der Waals surface area contributed by atoms with Crippen molar-refractivity contribution in [3.8, 4) is 0 Å². The highest BCUT2D eigenvalue weighted by Crippen LogP contribution is 2.31. The Morgan fingerprint density at radius 3 is 2.89 bits per heavy atom. The molecule has 1 aromatic heterocycles. The number of carbonyl (C=O) groups is 1. The molecule has 1 saturated heterocycles. The van der Waals surface area contributed by atoms with E-state index in [-0.39, 0.29) is 6.42 Å². The first-order chi connectivity index (χ1) is 9.16. The van der Waals surface area contributed by atoms with Crippen molar-refractivity contribution in [2.24, 2.45) is 0 Å². The maximum absolute atomic E-state index is 11.3. The Labute approximate surface area is 111 Å². The van der Waals surface area contributed by atoms with Gasteiger partial charge in [0.25, 0.3) is 0 Å². The average molecular weight is 263 g/mol. The third kappa shape index (κ3) is 2.16. The van der Waals surface area contributed by atoms with Crippen molar-refractivity contribution in [2.75, 3.05) is 11.4 Å². The van der Waals surface area contributed by atoms with Gasteiger partial charge in [0.2, 0.25) is 0 Å². The average Bonchev–Trinajstić information content (AvgIpc) is 2.80. The quantitative estimate of drug-likeness (QED) is 0.802. The summed E-state index contributed by atoms with van der Waals surface area (Å²) in [6.45, 7) is 0.334. The fourth-order valence-corrected chi connectivity index (χ4v) is 3.03. The van der Waals surface area contributed by atoms with Gasteiger partial charge in [-0.15, -0.1) is 0 Å². The minimum absolute atomic E-state index is 0.258. The second kappa shape index (κ2) is 4.77. The molecule has 2 unspecified atom stereocenters. The van der Waals surface area contributed by atoms with E-state index in [1.165, 1.54) is 6.33 Å². The number of hydrogen-bond donors (Lipinski definition) is 2. The van der Waals surface area contributed by atoms with Crippen LogP contribution >= 0.6 is 0 Å². The number of aliphatic hydroxyl groups is 1. The number of aliphatic carboxylic acids is 1. The van der Waals surface area contributed by atoms with E-state index in [1.54, 1.807) is 4.90 Å². The third-order valence-electron chi connectivity index (χ3n) is 3.94. The Kier molecular flexibility index (Phi) is 3.10. The summed E-state index contributed by atoms with van der Waals surface area (Å²) in [7, 11) is 0. The van der Waals surface area contributed by atoms with Crippen molar-refractivity contribution in [3.63, 3.8) is 0 Å². The normalized spacial score (nSPS) is 26.3.